The van der Waals surface area contributed by atoms with Gasteiger partial charge in [-0.05, 0) is 19.3 Å². The standard InChI is InChI=1S/C21H40O3/c1-2-3-4-5-6-7-8-9-10-11-12-13-14-17-21(22)24-20-16-15-18-23-19-20/h20H,2-19H2,1H3. The molecule has 24 heavy (non-hydrogen) atoms. The Morgan fingerprint density at radius 3 is 1.92 bits per heavy atom. The van der Waals surface area contributed by atoms with Crippen molar-refractivity contribution in [2.45, 2.75) is 116 Å². The van der Waals surface area contributed by atoms with E-state index in [0.717, 1.165) is 32.3 Å². The van der Waals surface area contributed by atoms with E-state index in [1.165, 1.54) is 70.6 Å². The van der Waals surface area contributed by atoms with Gasteiger partial charge in [0.2, 0.25) is 0 Å². The SMILES string of the molecule is CCCCCCCCCCCCCCCC(=O)OC1CCCOC1. The van der Waals surface area contributed by atoms with E-state index in [-0.39, 0.29) is 12.1 Å². The van der Waals surface area contributed by atoms with Crippen LogP contribution in [0.15, 0.2) is 0 Å². The Morgan fingerprint density at radius 1 is 0.875 bits per heavy atom. The smallest absolute Gasteiger partial charge is 0.306 e. The number of esters is 1. The van der Waals surface area contributed by atoms with Crippen LogP contribution in [0.1, 0.15) is 110 Å². The van der Waals surface area contributed by atoms with Crippen molar-refractivity contribution in [3.63, 3.8) is 0 Å². The zero-order valence-corrected chi connectivity index (χ0v) is 16.0. The van der Waals surface area contributed by atoms with E-state index in [0.29, 0.717) is 13.0 Å². The Bertz CT molecular complexity index is 285. The van der Waals surface area contributed by atoms with Crippen LogP contribution in [0, 0.1) is 0 Å². The normalized spacial score (nSPS) is 17.8. The number of carbonyl (C=O) groups is 1. The van der Waals surface area contributed by atoms with Gasteiger partial charge in [-0.2, -0.15) is 0 Å². The van der Waals surface area contributed by atoms with Crippen molar-refractivity contribution in [3.8, 4) is 0 Å². The van der Waals surface area contributed by atoms with Crippen molar-refractivity contribution < 1.29 is 14.3 Å². The average Bonchev–Trinajstić information content (AvgIpc) is 2.60. The topological polar surface area (TPSA) is 35.5 Å². The van der Waals surface area contributed by atoms with E-state index in [2.05, 4.69) is 6.92 Å². The molecule has 3 nitrogen and oxygen atoms in total. The van der Waals surface area contributed by atoms with E-state index in [1.54, 1.807) is 0 Å². The molecule has 0 aliphatic carbocycles. The molecule has 0 bridgehead atoms. The molecule has 0 aromatic carbocycles. The predicted molar refractivity (Wildman–Crippen MR) is 100 cm³/mol. The zero-order valence-electron chi connectivity index (χ0n) is 16.0. The lowest BCUT2D eigenvalue weighted by atomic mass is 10.0. The minimum Gasteiger partial charge on any atom is -0.460 e. The molecule has 0 aromatic rings. The van der Waals surface area contributed by atoms with Crippen molar-refractivity contribution in [1.29, 1.82) is 0 Å². The Labute approximate surface area is 149 Å². The summed E-state index contributed by atoms with van der Waals surface area (Å²) in [6, 6.07) is 0. The summed E-state index contributed by atoms with van der Waals surface area (Å²) in [7, 11) is 0. The first-order valence-corrected chi connectivity index (χ1v) is 10.6. The molecule has 1 saturated heterocycles. The predicted octanol–water partition coefficient (Wildman–Crippen LogP) is 6.19. The highest BCUT2D eigenvalue weighted by Gasteiger charge is 2.17. The second kappa shape index (κ2) is 15.9. The number of unbranched alkanes of at least 4 members (excludes halogenated alkanes) is 12. The van der Waals surface area contributed by atoms with Gasteiger partial charge in [0.15, 0.2) is 0 Å². The molecule has 1 fully saturated rings. The summed E-state index contributed by atoms with van der Waals surface area (Å²) in [4.78, 5) is 11.7. The molecule has 142 valence electrons. The van der Waals surface area contributed by atoms with Crippen LogP contribution in [0.4, 0.5) is 0 Å². The van der Waals surface area contributed by atoms with E-state index in [4.69, 9.17) is 9.47 Å². The Morgan fingerprint density at radius 2 is 1.42 bits per heavy atom. The summed E-state index contributed by atoms with van der Waals surface area (Å²) >= 11 is 0. The summed E-state index contributed by atoms with van der Waals surface area (Å²) in [6.07, 6.45) is 19.9. The minimum atomic E-state index is -0.0337. The molecule has 3 heteroatoms. The van der Waals surface area contributed by atoms with Gasteiger partial charge in [-0.3, -0.25) is 4.79 Å². The highest BCUT2D eigenvalue weighted by molar-refractivity contribution is 5.69. The van der Waals surface area contributed by atoms with E-state index < -0.39 is 0 Å². The summed E-state index contributed by atoms with van der Waals surface area (Å²) in [5.41, 5.74) is 0. The third-order valence-corrected chi connectivity index (χ3v) is 4.90. The molecule has 1 aliphatic heterocycles. The molecule has 0 amide bonds. The second-order valence-corrected chi connectivity index (χ2v) is 7.32. The summed E-state index contributed by atoms with van der Waals surface area (Å²) < 4.78 is 10.8. The highest BCUT2D eigenvalue weighted by atomic mass is 16.6. The van der Waals surface area contributed by atoms with Crippen LogP contribution < -0.4 is 0 Å². The van der Waals surface area contributed by atoms with Crippen LogP contribution in [-0.2, 0) is 14.3 Å². The molecule has 1 aliphatic rings. The largest absolute Gasteiger partial charge is 0.460 e. The van der Waals surface area contributed by atoms with Gasteiger partial charge in [0.1, 0.15) is 6.10 Å². The lowest BCUT2D eigenvalue weighted by molar-refractivity contribution is -0.155. The van der Waals surface area contributed by atoms with Crippen LogP contribution in [0.3, 0.4) is 0 Å². The fourth-order valence-corrected chi connectivity index (χ4v) is 3.34. The van der Waals surface area contributed by atoms with Gasteiger partial charge in [0.25, 0.3) is 0 Å². The first-order valence-electron chi connectivity index (χ1n) is 10.6. The van der Waals surface area contributed by atoms with Gasteiger partial charge in [0, 0.05) is 13.0 Å². The summed E-state index contributed by atoms with van der Waals surface area (Å²) in [5, 5.41) is 0. The van der Waals surface area contributed by atoms with Crippen LogP contribution in [0.25, 0.3) is 0 Å². The molecule has 0 saturated carbocycles. The van der Waals surface area contributed by atoms with E-state index in [1.807, 2.05) is 0 Å². The number of carbonyl (C=O) groups excluding carboxylic acids is 1. The summed E-state index contributed by atoms with van der Waals surface area (Å²) in [6.45, 7) is 3.67. The lowest BCUT2D eigenvalue weighted by Crippen LogP contribution is -2.27. The van der Waals surface area contributed by atoms with Crippen LogP contribution >= 0.6 is 0 Å². The van der Waals surface area contributed by atoms with Gasteiger partial charge in [-0.25, -0.2) is 0 Å². The third-order valence-electron chi connectivity index (χ3n) is 4.90. The monoisotopic (exact) mass is 340 g/mol. The van der Waals surface area contributed by atoms with Crippen molar-refractivity contribution in [1.82, 2.24) is 0 Å². The Kier molecular flexibility index (Phi) is 14.3. The Balaban J connectivity index is 1.76. The first-order chi connectivity index (χ1) is 11.8. The minimum absolute atomic E-state index is 0.00761. The van der Waals surface area contributed by atoms with Gasteiger partial charge >= 0.3 is 5.97 Å². The van der Waals surface area contributed by atoms with Gasteiger partial charge < -0.3 is 9.47 Å². The number of rotatable bonds is 15. The number of hydrogen-bond acceptors (Lipinski definition) is 3. The second-order valence-electron chi connectivity index (χ2n) is 7.32. The lowest BCUT2D eigenvalue weighted by Gasteiger charge is -2.22. The fraction of sp³-hybridized carbons (Fsp3) is 0.952. The molecule has 0 aromatic heterocycles. The molecule has 0 N–H and O–H groups in total. The maximum atomic E-state index is 11.7. The molecule has 1 heterocycles. The maximum Gasteiger partial charge on any atom is 0.306 e. The summed E-state index contributed by atoms with van der Waals surface area (Å²) in [5.74, 6) is -0.0337. The number of ether oxygens (including phenoxy) is 2. The molecule has 1 atom stereocenters. The van der Waals surface area contributed by atoms with E-state index in [9.17, 15) is 4.79 Å². The van der Waals surface area contributed by atoms with Gasteiger partial charge in [-0.15, -0.1) is 0 Å². The van der Waals surface area contributed by atoms with Crippen molar-refractivity contribution in [2.75, 3.05) is 13.2 Å². The van der Waals surface area contributed by atoms with Crippen LogP contribution in [0.2, 0.25) is 0 Å². The molecular formula is C21H40O3. The average molecular weight is 341 g/mol. The van der Waals surface area contributed by atoms with Crippen molar-refractivity contribution in [2.24, 2.45) is 0 Å². The van der Waals surface area contributed by atoms with Crippen LogP contribution in [-0.4, -0.2) is 25.3 Å². The zero-order chi connectivity index (χ0) is 17.3. The maximum absolute atomic E-state index is 11.7. The molecular weight excluding hydrogens is 300 g/mol. The fourth-order valence-electron chi connectivity index (χ4n) is 3.34. The molecule has 0 radical (unpaired) electrons. The Hall–Kier alpha value is -0.570. The van der Waals surface area contributed by atoms with E-state index >= 15 is 0 Å². The highest BCUT2D eigenvalue weighted by Crippen LogP contribution is 2.14. The molecule has 0 spiro atoms. The van der Waals surface area contributed by atoms with Crippen molar-refractivity contribution in [3.05, 3.63) is 0 Å². The van der Waals surface area contributed by atoms with Gasteiger partial charge in [-0.1, -0.05) is 84.0 Å². The van der Waals surface area contributed by atoms with Crippen molar-refractivity contribution >= 4 is 5.97 Å². The quantitative estimate of drug-likeness (QED) is 0.263. The molecule has 1 unspecified atom stereocenters. The first kappa shape index (κ1) is 21.5. The third kappa shape index (κ3) is 12.8. The van der Waals surface area contributed by atoms with Crippen LogP contribution in [0.5, 0.6) is 0 Å². The van der Waals surface area contributed by atoms with Gasteiger partial charge in [0.05, 0.1) is 6.61 Å². The number of hydrogen-bond donors (Lipinski definition) is 0. The molecule has 1 rings (SSSR count).